The summed E-state index contributed by atoms with van der Waals surface area (Å²) in [7, 11) is 0. The number of hydrogen-bond acceptors (Lipinski definition) is 6. The zero-order valence-electron chi connectivity index (χ0n) is 15.9. The van der Waals surface area contributed by atoms with Gasteiger partial charge in [0, 0.05) is 6.54 Å². The van der Waals surface area contributed by atoms with Crippen molar-refractivity contribution >= 4 is 34.5 Å². The van der Waals surface area contributed by atoms with Crippen LogP contribution in [0.2, 0.25) is 0 Å². The van der Waals surface area contributed by atoms with Crippen molar-refractivity contribution < 1.29 is 19.1 Å². The number of amides is 3. The first-order chi connectivity index (χ1) is 14.0. The Kier molecular flexibility index (Phi) is 5.44. The second-order valence-electron chi connectivity index (χ2n) is 6.83. The first-order valence-electron chi connectivity index (χ1n) is 9.45. The van der Waals surface area contributed by atoms with Crippen LogP contribution in [0.3, 0.4) is 0 Å². The topological polar surface area (TPSA) is 87.7 Å². The Bertz CT molecular complexity index is 947. The van der Waals surface area contributed by atoms with E-state index in [1.807, 2.05) is 55.5 Å². The van der Waals surface area contributed by atoms with Gasteiger partial charge in [0.15, 0.2) is 0 Å². The van der Waals surface area contributed by atoms with E-state index in [-0.39, 0.29) is 28.5 Å². The largest absolute Gasteiger partial charge is 0.489 e. The Morgan fingerprint density at radius 2 is 1.83 bits per heavy atom. The third-order valence-electron chi connectivity index (χ3n) is 4.99. The summed E-state index contributed by atoms with van der Waals surface area (Å²) in [4.78, 5) is 37.4. The van der Waals surface area contributed by atoms with Crippen molar-refractivity contribution in [1.29, 1.82) is 0 Å². The number of likely N-dealkylation sites (N-methyl/N-ethyl adjacent to an activating group) is 1. The van der Waals surface area contributed by atoms with Crippen LogP contribution < -0.4 is 20.3 Å². The normalized spacial score (nSPS) is 20.9. The van der Waals surface area contributed by atoms with Crippen molar-refractivity contribution in [2.45, 2.75) is 24.8 Å². The number of nitrogens with one attached hydrogen (secondary N) is 2. The van der Waals surface area contributed by atoms with E-state index in [0.29, 0.717) is 24.3 Å². The second-order valence-corrected chi connectivity index (χ2v) is 8.01. The molecule has 1 fully saturated rings. The van der Waals surface area contributed by atoms with Crippen molar-refractivity contribution in [2.75, 3.05) is 18.1 Å². The summed E-state index contributed by atoms with van der Waals surface area (Å²) in [5, 5.41) is 4.61. The molecule has 2 heterocycles. The van der Waals surface area contributed by atoms with Gasteiger partial charge in [0.25, 0.3) is 11.1 Å². The number of ether oxygens (including phenoxy) is 1. The van der Waals surface area contributed by atoms with Crippen LogP contribution in [-0.4, -0.2) is 41.6 Å². The van der Waals surface area contributed by atoms with E-state index >= 15 is 0 Å². The van der Waals surface area contributed by atoms with Crippen LogP contribution in [0.15, 0.2) is 48.5 Å². The minimum atomic E-state index is -0.384. The van der Waals surface area contributed by atoms with Crippen molar-refractivity contribution in [3.05, 3.63) is 59.7 Å². The Morgan fingerprint density at radius 1 is 1.07 bits per heavy atom. The van der Waals surface area contributed by atoms with Gasteiger partial charge in [-0.25, -0.2) is 0 Å². The first kappa shape index (κ1) is 19.3. The van der Waals surface area contributed by atoms with Crippen molar-refractivity contribution in [3.63, 3.8) is 0 Å². The summed E-state index contributed by atoms with van der Waals surface area (Å²) >= 11 is 1.02. The van der Waals surface area contributed by atoms with E-state index in [0.717, 1.165) is 29.6 Å². The Hall–Kier alpha value is -3.00. The van der Waals surface area contributed by atoms with Crippen LogP contribution in [0.1, 0.15) is 22.8 Å². The summed E-state index contributed by atoms with van der Waals surface area (Å²) in [6.07, 6.45) is 0.230. The fraction of sp³-hybridized carbons (Fsp3) is 0.286. The Balaban J connectivity index is 1.38. The van der Waals surface area contributed by atoms with Crippen LogP contribution in [0.25, 0.3) is 0 Å². The van der Waals surface area contributed by atoms with Crippen LogP contribution in [0, 0.1) is 0 Å². The number of rotatable bonds is 6. The van der Waals surface area contributed by atoms with Crippen molar-refractivity contribution in [3.8, 4) is 5.75 Å². The third kappa shape index (κ3) is 4.07. The lowest BCUT2D eigenvalue weighted by Crippen LogP contribution is -2.55. The zero-order valence-corrected chi connectivity index (χ0v) is 16.7. The van der Waals surface area contributed by atoms with E-state index in [2.05, 4.69) is 15.5 Å². The van der Waals surface area contributed by atoms with Crippen LogP contribution in [-0.2, 0) is 11.2 Å². The lowest BCUT2D eigenvalue weighted by molar-refractivity contribution is -0.118. The summed E-state index contributed by atoms with van der Waals surface area (Å²) in [6.45, 7) is 3.09. The molecule has 29 heavy (non-hydrogen) atoms. The highest BCUT2D eigenvalue weighted by atomic mass is 32.2. The maximum absolute atomic E-state index is 12.4. The molecule has 4 rings (SSSR count). The van der Waals surface area contributed by atoms with Crippen LogP contribution in [0.5, 0.6) is 5.75 Å². The molecule has 2 aromatic carbocycles. The van der Waals surface area contributed by atoms with Crippen LogP contribution in [0.4, 0.5) is 10.5 Å². The van der Waals surface area contributed by atoms with Gasteiger partial charge < -0.3 is 15.0 Å². The van der Waals surface area contributed by atoms with E-state index < -0.39 is 0 Å². The van der Waals surface area contributed by atoms with Crippen molar-refractivity contribution in [2.24, 2.45) is 0 Å². The molecule has 150 valence electrons. The summed E-state index contributed by atoms with van der Waals surface area (Å²) < 4.78 is 5.91. The van der Waals surface area contributed by atoms with Crippen LogP contribution >= 0.6 is 11.8 Å². The Morgan fingerprint density at radius 3 is 2.52 bits per heavy atom. The molecule has 8 heteroatoms. The summed E-state index contributed by atoms with van der Waals surface area (Å²) in [5.74, 6) is 0.335. The average molecular weight is 411 g/mol. The third-order valence-corrected chi connectivity index (χ3v) is 5.97. The zero-order chi connectivity index (χ0) is 20.4. The molecule has 1 saturated heterocycles. The first-order valence-corrected chi connectivity index (χ1v) is 10.3. The second kappa shape index (κ2) is 8.16. The van der Waals surface area contributed by atoms with E-state index in [9.17, 15) is 14.4 Å². The molecule has 0 spiro atoms. The average Bonchev–Trinajstić information content (AvgIpc) is 3.04. The predicted octanol–water partition coefficient (Wildman–Crippen LogP) is 2.56. The van der Waals surface area contributed by atoms with Gasteiger partial charge in [0.2, 0.25) is 5.91 Å². The smallest absolute Gasteiger partial charge is 0.286 e. The van der Waals surface area contributed by atoms with Gasteiger partial charge >= 0.3 is 0 Å². The SMILES string of the molecule is CCN1c2ccccc2C(=O)NC1COc1ccc(CC2SC(=O)NC2=O)cc1. The molecule has 0 bridgehead atoms. The predicted molar refractivity (Wildman–Crippen MR) is 111 cm³/mol. The number of imide groups is 1. The molecule has 0 aromatic heterocycles. The highest BCUT2D eigenvalue weighted by molar-refractivity contribution is 8.15. The number of fused-ring (bicyclic) bond motifs is 1. The minimum absolute atomic E-state index is 0.101. The highest BCUT2D eigenvalue weighted by Crippen LogP contribution is 2.27. The number of anilines is 1. The molecule has 7 nitrogen and oxygen atoms in total. The number of nitrogens with zero attached hydrogens (tertiary/aromatic N) is 1. The standard InChI is InChI=1S/C21H21N3O4S/c1-2-24-16-6-4-3-5-15(16)19(25)22-18(24)12-28-14-9-7-13(8-10-14)11-17-20(26)23-21(27)29-17/h3-10,17-18H,2,11-12H2,1H3,(H,22,25)(H,23,26,27). The molecule has 2 aliphatic rings. The maximum atomic E-state index is 12.4. The van der Waals surface area contributed by atoms with Gasteiger partial charge in [0.1, 0.15) is 18.5 Å². The van der Waals surface area contributed by atoms with Gasteiger partial charge in [-0.2, -0.15) is 0 Å². The molecular weight excluding hydrogens is 390 g/mol. The molecule has 2 unspecified atom stereocenters. The van der Waals surface area contributed by atoms with Gasteiger partial charge in [0.05, 0.1) is 16.5 Å². The number of carbonyl (C=O) groups is 3. The van der Waals surface area contributed by atoms with E-state index in [1.165, 1.54) is 0 Å². The quantitative estimate of drug-likeness (QED) is 0.760. The maximum Gasteiger partial charge on any atom is 0.286 e. The Labute approximate surface area is 172 Å². The van der Waals surface area contributed by atoms with Gasteiger partial charge in [-0.05, 0) is 43.2 Å². The molecule has 2 atom stereocenters. The summed E-state index contributed by atoms with van der Waals surface area (Å²) in [5.41, 5.74) is 2.53. The number of para-hydroxylation sites is 1. The van der Waals surface area contributed by atoms with E-state index in [1.54, 1.807) is 0 Å². The van der Waals surface area contributed by atoms with E-state index in [4.69, 9.17) is 4.74 Å². The van der Waals surface area contributed by atoms with Gasteiger partial charge in [-0.1, -0.05) is 36.0 Å². The molecule has 0 aliphatic carbocycles. The number of hydrogen-bond donors (Lipinski definition) is 2. The molecule has 0 saturated carbocycles. The molecular formula is C21H21N3O4S. The number of carbonyl (C=O) groups excluding carboxylic acids is 3. The molecule has 2 aromatic rings. The highest BCUT2D eigenvalue weighted by Gasteiger charge is 2.32. The molecule has 0 radical (unpaired) electrons. The fourth-order valence-electron chi connectivity index (χ4n) is 3.55. The lowest BCUT2D eigenvalue weighted by Gasteiger charge is -2.38. The molecule has 2 N–H and O–H groups in total. The fourth-order valence-corrected chi connectivity index (χ4v) is 4.41. The number of thioether (sulfide) groups is 1. The van der Waals surface area contributed by atoms with Gasteiger partial charge in [-0.3, -0.25) is 19.7 Å². The molecule has 2 aliphatic heterocycles. The lowest BCUT2D eigenvalue weighted by atomic mass is 10.1. The number of benzene rings is 2. The van der Waals surface area contributed by atoms with Gasteiger partial charge in [-0.15, -0.1) is 0 Å². The monoisotopic (exact) mass is 411 g/mol. The molecule has 3 amide bonds. The minimum Gasteiger partial charge on any atom is -0.489 e. The summed E-state index contributed by atoms with van der Waals surface area (Å²) in [6, 6.07) is 15.0. The van der Waals surface area contributed by atoms with Crippen molar-refractivity contribution in [1.82, 2.24) is 10.6 Å².